The van der Waals surface area contributed by atoms with E-state index < -0.39 is 6.10 Å². The predicted octanol–water partition coefficient (Wildman–Crippen LogP) is 3.52. The summed E-state index contributed by atoms with van der Waals surface area (Å²) in [6.45, 7) is 1.83. The Morgan fingerprint density at radius 1 is 1.29 bits per heavy atom. The third-order valence-corrected chi connectivity index (χ3v) is 4.80. The molecule has 1 unspecified atom stereocenters. The second-order valence-corrected chi connectivity index (χ2v) is 6.62. The van der Waals surface area contributed by atoms with Gasteiger partial charge in [0.25, 0.3) is 0 Å². The molecule has 1 amide bonds. The van der Waals surface area contributed by atoms with Gasteiger partial charge in [-0.25, -0.2) is 4.98 Å². The Kier molecular flexibility index (Phi) is 3.92. The standard InChI is InChI=1S/C18H15N2O3S/c1-20-11-23-17(18(20)21)12-5-4-6-13(9-12)22-10-16-19-14-7-2-3-8-15(14)24-16/h2-9,11,17H,10H2,1H3/q-1. The van der Waals surface area contributed by atoms with Crippen LogP contribution in [0.2, 0.25) is 0 Å². The van der Waals surface area contributed by atoms with Crippen molar-refractivity contribution in [2.45, 2.75) is 12.7 Å². The zero-order valence-electron chi connectivity index (χ0n) is 13.0. The number of hydrogen-bond donors (Lipinski definition) is 0. The molecule has 1 saturated heterocycles. The van der Waals surface area contributed by atoms with Crippen LogP contribution in [0.1, 0.15) is 16.7 Å². The van der Waals surface area contributed by atoms with E-state index >= 15 is 0 Å². The Morgan fingerprint density at radius 2 is 2.17 bits per heavy atom. The average Bonchev–Trinajstić information content (AvgIpc) is 3.17. The lowest BCUT2D eigenvalue weighted by molar-refractivity contribution is -0.129. The molecule has 1 aromatic heterocycles. The molecule has 0 spiro atoms. The van der Waals surface area contributed by atoms with Crippen molar-refractivity contribution in [3.8, 4) is 5.75 Å². The highest BCUT2D eigenvalue weighted by Gasteiger charge is 2.24. The molecule has 1 atom stereocenters. The van der Waals surface area contributed by atoms with Crippen molar-refractivity contribution in [3.05, 3.63) is 65.8 Å². The van der Waals surface area contributed by atoms with Crippen molar-refractivity contribution in [1.82, 2.24) is 9.88 Å². The van der Waals surface area contributed by atoms with E-state index in [4.69, 9.17) is 9.47 Å². The number of likely N-dealkylation sites (N-methyl/N-ethyl adjacent to an activating group) is 1. The minimum atomic E-state index is -0.596. The van der Waals surface area contributed by atoms with E-state index in [2.05, 4.69) is 4.98 Å². The molecule has 0 aliphatic carbocycles. The number of aromatic nitrogens is 1. The van der Waals surface area contributed by atoms with Crippen LogP contribution in [0, 0.1) is 6.73 Å². The fourth-order valence-corrected chi connectivity index (χ4v) is 3.44. The van der Waals surface area contributed by atoms with Crippen molar-refractivity contribution < 1.29 is 14.3 Å². The third kappa shape index (κ3) is 2.86. The molecule has 3 aromatic rings. The van der Waals surface area contributed by atoms with Gasteiger partial charge >= 0.3 is 0 Å². The van der Waals surface area contributed by atoms with Gasteiger partial charge in [0.05, 0.1) is 10.2 Å². The van der Waals surface area contributed by atoms with Crippen LogP contribution in [-0.2, 0) is 16.1 Å². The van der Waals surface area contributed by atoms with Crippen LogP contribution in [0.15, 0.2) is 48.5 Å². The number of fused-ring (bicyclic) bond motifs is 1. The zero-order valence-corrected chi connectivity index (χ0v) is 13.8. The maximum absolute atomic E-state index is 12.0. The van der Waals surface area contributed by atoms with E-state index in [0.717, 1.165) is 20.8 Å². The van der Waals surface area contributed by atoms with Gasteiger partial charge in [0.2, 0.25) is 5.91 Å². The number of nitrogens with zero attached hydrogens (tertiary/aromatic N) is 2. The van der Waals surface area contributed by atoms with E-state index in [1.54, 1.807) is 18.4 Å². The summed E-state index contributed by atoms with van der Waals surface area (Å²) in [7, 11) is 1.68. The molecule has 24 heavy (non-hydrogen) atoms. The van der Waals surface area contributed by atoms with E-state index in [1.165, 1.54) is 11.6 Å². The van der Waals surface area contributed by atoms with Gasteiger partial charge in [0, 0.05) is 0 Å². The Bertz CT molecular complexity index is 860. The zero-order chi connectivity index (χ0) is 16.5. The summed E-state index contributed by atoms with van der Waals surface area (Å²) >= 11 is 1.62. The van der Waals surface area contributed by atoms with Crippen LogP contribution in [0.25, 0.3) is 10.2 Å². The smallest absolute Gasteiger partial charge is 0.226 e. The lowest BCUT2D eigenvalue weighted by Gasteiger charge is -2.14. The minimum Gasteiger partial charge on any atom is -0.519 e. The SMILES string of the molecule is CN1[CH-]OC(c2cccc(OCc3nc4ccccc4s3)c2)C1=O. The van der Waals surface area contributed by atoms with Crippen LogP contribution in [-0.4, -0.2) is 22.8 Å². The number of carbonyl (C=O) groups is 1. The van der Waals surface area contributed by atoms with E-state index in [0.29, 0.717) is 12.4 Å². The first-order valence-electron chi connectivity index (χ1n) is 7.53. The first-order chi connectivity index (χ1) is 11.7. The van der Waals surface area contributed by atoms with Crippen molar-refractivity contribution in [3.63, 3.8) is 0 Å². The maximum atomic E-state index is 12.0. The Hall–Kier alpha value is -2.44. The van der Waals surface area contributed by atoms with Crippen molar-refractivity contribution in [2.75, 3.05) is 7.05 Å². The van der Waals surface area contributed by atoms with Gasteiger partial charge in [-0.3, -0.25) is 4.79 Å². The number of carbonyl (C=O) groups excluding carboxylic acids is 1. The fourth-order valence-electron chi connectivity index (χ4n) is 2.56. The lowest BCUT2D eigenvalue weighted by Crippen LogP contribution is -2.19. The number of para-hydroxylation sites is 1. The quantitative estimate of drug-likeness (QED) is 0.683. The summed E-state index contributed by atoms with van der Waals surface area (Å²) in [6.07, 6.45) is -0.596. The molecule has 6 heteroatoms. The number of benzene rings is 2. The molecule has 0 radical (unpaired) electrons. The number of rotatable bonds is 4. The van der Waals surface area contributed by atoms with Gasteiger partial charge < -0.3 is 14.4 Å². The number of thiazole rings is 1. The lowest BCUT2D eigenvalue weighted by atomic mass is 10.1. The second kappa shape index (κ2) is 6.22. The van der Waals surface area contributed by atoms with Crippen LogP contribution >= 0.6 is 11.3 Å². The number of hydrogen-bond acceptors (Lipinski definition) is 5. The highest BCUT2D eigenvalue weighted by molar-refractivity contribution is 7.18. The van der Waals surface area contributed by atoms with Gasteiger partial charge in [-0.15, -0.1) is 18.1 Å². The molecule has 0 bridgehead atoms. The molecule has 2 aromatic carbocycles. The molecule has 122 valence electrons. The van der Waals surface area contributed by atoms with Gasteiger partial charge in [-0.2, -0.15) is 0 Å². The summed E-state index contributed by atoms with van der Waals surface area (Å²) in [5.74, 6) is 0.607. The molecule has 2 heterocycles. The predicted molar refractivity (Wildman–Crippen MR) is 91.3 cm³/mol. The minimum absolute atomic E-state index is 0.0849. The van der Waals surface area contributed by atoms with Crippen LogP contribution < -0.4 is 4.74 Å². The summed E-state index contributed by atoms with van der Waals surface area (Å²) in [5.41, 5.74) is 1.76. The molecule has 4 rings (SSSR count). The second-order valence-electron chi connectivity index (χ2n) is 5.51. The van der Waals surface area contributed by atoms with Crippen molar-refractivity contribution in [1.29, 1.82) is 0 Å². The molecule has 5 nitrogen and oxygen atoms in total. The number of amides is 1. The number of ether oxygens (including phenoxy) is 2. The fraction of sp³-hybridized carbons (Fsp3) is 0.167. The Labute approximate surface area is 143 Å². The summed E-state index contributed by atoms with van der Waals surface area (Å²) in [6, 6.07) is 15.4. The molecule has 1 aliphatic rings. The molecular formula is C18H15N2O3S-. The molecular weight excluding hydrogens is 324 g/mol. The Balaban J connectivity index is 1.49. The summed E-state index contributed by atoms with van der Waals surface area (Å²) in [4.78, 5) is 18.0. The molecule has 1 fully saturated rings. The highest BCUT2D eigenvalue weighted by atomic mass is 32.1. The average molecular weight is 339 g/mol. The monoisotopic (exact) mass is 339 g/mol. The normalized spacial score (nSPS) is 17.6. The van der Waals surface area contributed by atoms with Gasteiger partial charge in [0.1, 0.15) is 23.5 Å². The molecule has 1 aliphatic heterocycles. The molecule has 0 N–H and O–H groups in total. The van der Waals surface area contributed by atoms with Crippen LogP contribution in [0.5, 0.6) is 5.75 Å². The Morgan fingerprint density at radius 3 is 2.96 bits per heavy atom. The van der Waals surface area contributed by atoms with E-state index in [1.807, 2.05) is 48.5 Å². The highest BCUT2D eigenvalue weighted by Crippen LogP contribution is 2.30. The van der Waals surface area contributed by atoms with Gasteiger partial charge in [-0.1, -0.05) is 24.3 Å². The van der Waals surface area contributed by atoms with Crippen molar-refractivity contribution >= 4 is 27.5 Å². The summed E-state index contributed by atoms with van der Waals surface area (Å²) in [5, 5.41) is 0.919. The van der Waals surface area contributed by atoms with Gasteiger partial charge in [-0.05, 0) is 36.9 Å². The first-order valence-corrected chi connectivity index (χ1v) is 8.35. The molecule has 0 saturated carbocycles. The third-order valence-electron chi connectivity index (χ3n) is 3.79. The van der Waals surface area contributed by atoms with E-state index in [-0.39, 0.29) is 5.91 Å². The topological polar surface area (TPSA) is 51.7 Å². The van der Waals surface area contributed by atoms with Crippen LogP contribution in [0.4, 0.5) is 0 Å². The van der Waals surface area contributed by atoms with Crippen LogP contribution in [0.3, 0.4) is 0 Å². The first kappa shape index (κ1) is 15.1. The largest absolute Gasteiger partial charge is 0.519 e. The maximum Gasteiger partial charge on any atom is 0.226 e. The summed E-state index contributed by atoms with van der Waals surface area (Å²) < 4.78 is 12.4. The van der Waals surface area contributed by atoms with Crippen molar-refractivity contribution in [2.24, 2.45) is 0 Å². The van der Waals surface area contributed by atoms with E-state index in [9.17, 15) is 4.79 Å². The van der Waals surface area contributed by atoms with Gasteiger partial charge in [0.15, 0.2) is 0 Å².